The average molecular weight is 389 g/mol. The maximum atomic E-state index is 12.7. The molecule has 1 aromatic heterocycles. The lowest BCUT2D eigenvalue weighted by Crippen LogP contribution is -2.51. The van der Waals surface area contributed by atoms with Gasteiger partial charge in [-0.1, -0.05) is 48.5 Å². The van der Waals surface area contributed by atoms with Crippen LogP contribution < -0.4 is 10.6 Å². The molecule has 3 N–H and O–H groups in total. The summed E-state index contributed by atoms with van der Waals surface area (Å²) in [6.07, 6.45) is -3.52. The second-order valence-corrected chi connectivity index (χ2v) is 6.29. The second kappa shape index (κ2) is 8.16. The van der Waals surface area contributed by atoms with Gasteiger partial charge in [-0.05, 0) is 17.2 Å². The number of nitrogens with one attached hydrogen (secondary N) is 3. The quantitative estimate of drug-likeness (QED) is 0.606. The monoisotopic (exact) mass is 389 g/mol. The maximum absolute atomic E-state index is 12.7. The molecule has 0 saturated carbocycles. The number of aromatic nitrogens is 1. The van der Waals surface area contributed by atoms with Crippen molar-refractivity contribution in [3.8, 4) is 0 Å². The van der Waals surface area contributed by atoms with Crippen LogP contribution in [0.5, 0.6) is 0 Å². The van der Waals surface area contributed by atoms with E-state index in [1.165, 1.54) is 0 Å². The minimum atomic E-state index is -5.07. The Hall–Kier alpha value is -3.29. The predicted octanol–water partition coefficient (Wildman–Crippen LogP) is 3.07. The summed E-state index contributed by atoms with van der Waals surface area (Å²) < 4.78 is 38.1. The van der Waals surface area contributed by atoms with Gasteiger partial charge in [-0.25, -0.2) is 0 Å². The number of hydrogen-bond acceptors (Lipinski definition) is 2. The molecule has 3 rings (SSSR count). The van der Waals surface area contributed by atoms with Gasteiger partial charge in [-0.3, -0.25) is 9.59 Å². The van der Waals surface area contributed by atoms with Gasteiger partial charge in [0, 0.05) is 30.1 Å². The predicted molar refractivity (Wildman–Crippen MR) is 98.3 cm³/mol. The molecule has 0 spiro atoms. The summed E-state index contributed by atoms with van der Waals surface area (Å²) in [6.45, 7) is 0.145. The fraction of sp³-hybridized carbons (Fsp3) is 0.200. The van der Waals surface area contributed by atoms with Crippen molar-refractivity contribution in [2.24, 2.45) is 0 Å². The molecule has 0 unspecified atom stereocenters. The Kier molecular flexibility index (Phi) is 5.67. The number of fused-ring (bicyclic) bond motifs is 1. The lowest BCUT2D eigenvalue weighted by atomic mass is 10.0. The SMILES string of the molecule is O=C(NCc1ccccc1)[C@@H](Cc1c[nH]c2ccccc12)NC(=O)C(F)(F)F. The van der Waals surface area contributed by atoms with Crippen molar-refractivity contribution in [3.63, 3.8) is 0 Å². The molecule has 0 aliphatic heterocycles. The highest BCUT2D eigenvalue weighted by Crippen LogP contribution is 2.20. The van der Waals surface area contributed by atoms with Gasteiger partial charge in [-0.2, -0.15) is 13.2 Å². The van der Waals surface area contributed by atoms with Crippen molar-refractivity contribution in [2.75, 3.05) is 0 Å². The van der Waals surface area contributed by atoms with Gasteiger partial charge < -0.3 is 15.6 Å². The number of amides is 2. The fourth-order valence-corrected chi connectivity index (χ4v) is 2.88. The van der Waals surface area contributed by atoms with Gasteiger partial charge >= 0.3 is 12.1 Å². The molecule has 8 heteroatoms. The molecule has 0 bridgehead atoms. The van der Waals surface area contributed by atoms with E-state index >= 15 is 0 Å². The summed E-state index contributed by atoms with van der Waals surface area (Å²) in [4.78, 5) is 27.0. The number of hydrogen-bond donors (Lipinski definition) is 3. The molecule has 146 valence electrons. The first-order chi connectivity index (χ1) is 13.3. The summed E-state index contributed by atoms with van der Waals surface area (Å²) in [5, 5.41) is 5.17. The smallest absolute Gasteiger partial charge is 0.361 e. The summed E-state index contributed by atoms with van der Waals surface area (Å²) in [5.74, 6) is -2.83. The first-order valence-corrected chi connectivity index (χ1v) is 8.59. The normalized spacial score (nSPS) is 12.5. The molecule has 3 aromatic rings. The van der Waals surface area contributed by atoms with E-state index in [1.54, 1.807) is 47.9 Å². The van der Waals surface area contributed by atoms with Crippen molar-refractivity contribution in [3.05, 3.63) is 71.9 Å². The van der Waals surface area contributed by atoms with Crippen molar-refractivity contribution >= 4 is 22.7 Å². The zero-order chi connectivity index (χ0) is 20.1. The van der Waals surface area contributed by atoms with Gasteiger partial charge in [0.1, 0.15) is 6.04 Å². The minimum Gasteiger partial charge on any atom is -0.361 e. The number of carbonyl (C=O) groups is 2. The molecule has 28 heavy (non-hydrogen) atoms. The van der Waals surface area contributed by atoms with E-state index < -0.39 is 24.0 Å². The van der Waals surface area contributed by atoms with Crippen LogP contribution in [0.15, 0.2) is 60.8 Å². The Balaban J connectivity index is 1.78. The molecule has 0 fully saturated rings. The molecule has 2 aromatic carbocycles. The fourth-order valence-electron chi connectivity index (χ4n) is 2.88. The number of halogens is 3. The van der Waals surface area contributed by atoms with Crippen molar-refractivity contribution in [1.82, 2.24) is 15.6 Å². The molecule has 2 amide bonds. The third-order valence-electron chi connectivity index (χ3n) is 4.29. The van der Waals surface area contributed by atoms with E-state index in [0.717, 1.165) is 16.5 Å². The molecule has 1 heterocycles. The Labute approximate surface area is 158 Å². The minimum absolute atomic E-state index is 0.0769. The summed E-state index contributed by atoms with van der Waals surface area (Å²) in [6, 6.07) is 14.8. The summed E-state index contributed by atoms with van der Waals surface area (Å²) in [5.41, 5.74) is 2.23. The Morgan fingerprint density at radius 2 is 1.68 bits per heavy atom. The highest BCUT2D eigenvalue weighted by molar-refractivity contribution is 5.91. The zero-order valence-electron chi connectivity index (χ0n) is 14.7. The Morgan fingerprint density at radius 3 is 2.39 bits per heavy atom. The lowest BCUT2D eigenvalue weighted by Gasteiger charge is -2.19. The zero-order valence-corrected chi connectivity index (χ0v) is 14.7. The van der Waals surface area contributed by atoms with Crippen LogP contribution in [0, 0.1) is 0 Å². The van der Waals surface area contributed by atoms with E-state index in [9.17, 15) is 22.8 Å². The van der Waals surface area contributed by atoms with Crippen molar-refractivity contribution < 1.29 is 22.8 Å². The summed E-state index contributed by atoms with van der Waals surface area (Å²) >= 11 is 0. The van der Waals surface area contributed by atoms with Gasteiger partial charge in [0.05, 0.1) is 0 Å². The summed E-state index contributed by atoms with van der Waals surface area (Å²) in [7, 11) is 0. The Morgan fingerprint density at radius 1 is 1.00 bits per heavy atom. The Bertz CT molecular complexity index is 967. The van der Waals surface area contributed by atoms with E-state index in [4.69, 9.17) is 0 Å². The number of H-pyrrole nitrogens is 1. The van der Waals surface area contributed by atoms with Crippen LogP contribution in [0.1, 0.15) is 11.1 Å². The van der Waals surface area contributed by atoms with Crippen LogP contribution in [0.4, 0.5) is 13.2 Å². The molecule has 0 saturated heterocycles. The highest BCUT2D eigenvalue weighted by atomic mass is 19.4. The van der Waals surface area contributed by atoms with Crippen LogP contribution in [0.3, 0.4) is 0 Å². The topological polar surface area (TPSA) is 74.0 Å². The van der Waals surface area contributed by atoms with Crippen LogP contribution in [-0.4, -0.2) is 29.0 Å². The number of carbonyl (C=O) groups excluding carboxylic acids is 2. The number of rotatable bonds is 6. The number of aromatic amines is 1. The molecular weight excluding hydrogens is 371 g/mol. The molecule has 1 atom stereocenters. The molecule has 0 aliphatic rings. The van der Waals surface area contributed by atoms with Crippen molar-refractivity contribution in [2.45, 2.75) is 25.2 Å². The molecule has 0 radical (unpaired) electrons. The number of benzene rings is 2. The van der Waals surface area contributed by atoms with E-state index in [1.807, 2.05) is 18.2 Å². The van der Waals surface area contributed by atoms with E-state index in [-0.39, 0.29) is 13.0 Å². The lowest BCUT2D eigenvalue weighted by molar-refractivity contribution is -0.174. The third-order valence-corrected chi connectivity index (χ3v) is 4.29. The van der Waals surface area contributed by atoms with E-state index in [2.05, 4.69) is 10.3 Å². The number of alkyl halides is 3. The molecule has 0 aliphatic carbocycles. The van der Waals surface area contributed by atoms with Gasteiger partial charge in [0.2, 0.25) is 5.91 Å². The van der Waals surface area contributed by atoms with Gasteiger partial charge in [0.25, 0.3) is 0 Å². The van der Waals surface area contributed by atoms with Gasteiger partial charge in [0.15, 0.2) is 0 Å². The molecular formula is C20H18F3N3O2. The second-order valence-electron chi connectivity index (χ2n) is 6.29. The standard InChI is InChI=1S/C20H18F3N3O2/c21-20(22,23)19(28)26-17(18(27)25-11-13-6-2-1-3-7-13)10-14-12-24-16-9-5-4-8-15(14)16/h1-9,12,17,24H,10-11H2,(H,25,27)(H,26,28)/t17-/m1/s1. The van der Waals surface area contributed by atoms with Crippen molar-refractivity contribution in [1.29, 1.82) is 0 Å². The molecule has 5 nitrogen and oxygen atoms in total. The van der Waals surface area contributed by atoms with Crippen LogP contribution in [0.25, 0.3) is 10.9 Å². The average Bonchev–Trinajstić information content (AvgIpc) is 3.08. The largest absolute Gasteiger partial charge is 0.471 e. The third kappa shape index (κ3) is 4.70. The first-order valence-electron chi connectivity index (χ1n) is 8.59. The van der Waals surface area contributed by atoms with Crippen LogP contribution >= 0.6 is 0 Å². The van der Waals surface area contributed by atoms with E-state index in [0.29, 0.717) is 5.56 Å². The first kappa shape index (κ1) is 19.5. The van der Waals surface area contributed by atoms with Crippen LogP contribution in [-0.2, 0) is 22.6 Å². The highest BCUT2D eigenvalue weighted by Gasteiger charge is 2.40. The number of para-hydroxylation sites is 1. The maximum Gasteiger partial charge on any atom is 0.471 e. The van der Waals surface area contributed by atoms with Gasteiger partial charge in [-0.15, -0.1) is 0 Å². The van der Waals surface area contributed by atoms with Crippen LogP contribution in [0.2, 0.25) is 0 Å².